The van der Waals surface area contributed by atoms with Gasteiger partial charge < -0.3 is 30.7 Å². The number of amides is 4. The minimum atomic E-state index is -0.139. The Kier molecular flexibility index (Phi) is 13.6. The number of urea groups is 1. The average molecular weight is 593 g/mol. The van der Waals surface area contributed by atoms with Crippen LogP contribution in [-0.2, 0) is 19.1 Å². The lowest BCUT2D eigenvalue weighted by atomic mass is 9.83. The molecule has 0 aliphatic heterocycles. The number of nitrogens with one attached hydrogen (secondary N) is 6. The normalized spacial score (nSPS) is 33.8. The predicted molar refractivity (Wildman–Crippen MR) is 162 cm³/mol. The lowest BCUT2D eigenvalue weighted by Crippen LogP contribution is -2.51. The van der Waals surface area contributed by atoms with Crippen LogP contribution in [0.2, 0.25) is 0 Å². The Bertz CT molecular complexity index is 862. The summed E-state index contributed by atoms with van der Waals surface area (Å²) in [7, 11) is 3.57. The van der Waals surface area contributed by atoms with E-state index >= 15 is 0 Å². The van der Waals surface area contributed by atoms with Crippen LogP contribution in [0.5, 0.6) is 0 Å². The highest BCUT2D eigenvalue weighted by molar-refractivity contribution is 5.80. The fraction of sp³-hybridized carbons (Fsp3) is 0.903. The summed E-state index contributed by atoms with van der Waals surface area (Å²) in [6.45, 7) is 1.13. The van der Waals surface area contributed by atoms with Gasteiger partial charge in [-0.3, -0.25) is 20.2 Å². The highest BCUT2D eigenvalue weighted by atomic mass is 16.5. The van der Waals surface area contributed by atoms with Gasteiger partial charge in [0, 0.05) is 43.1 Å². The number of hydrogen-bond donors (Lipinski definition) is 6. The highest BCUT2D eigenvalue weighted by Gasteiger charge is 2.33. The second-order valence-corrected chi connectivity index (χ2v) is 13.0. The molecule has 8 atom stereocenters. The molecule has 8 unspecified atom stereocenters. The van der Waals surface area contributed by atoms with Gasteiger partial charge in [-0.05, 0) is 96.9 Å². The van der Waals surface area contributed by atoms with Gasteiger partial charge in [0.1, 0.15) is 0 Å². The van der Waals surface area contributed by atoms with Gasteiger partial charge in [0.15, 0.2) is 0 Å². The smallest absolute Gasteiger partial charge is 0.315 e. The second-order valence-electron chi connectivity index (χ2n) is 13.0. The van der Waals surface area contributed by atoms with Crippen molar-refractivity contribution in [1.29, 1.82) is 0 Å². The third-order valence-corrected chi connectivity index (χ3v) is 9.76. The van der Waals surface area contributed by atoms with Crippen molar-refractivity contribution in [1.82, 2.24) is 31.9 Å². The van der Waals surface area contributed by atoms with Crippen LogP contribution >= 0.6 is 0 Å². The Hall–Kier alpha value is -1.95. The Balaban J connectivity index is 1.12. The summed E-state index contributed by atoms with van der Waals surface area (Å²) in [4.78, 5) is 38.0. The first-order valence-corrected chi connectivity index (χ1v) is 16.6. The molecule has 0 aromatic heterocycles. The SMILES string of the molecule is CNCOC1CCCC(NCOC2CCCC(NC(=O)NC3CCCC(C(=O)NC4CCCC(C(=O)NC)C4)C3)C2)C1. The molecule has 11 heteroatoms. The summed E-state index contributed by atoms with van der Waals surface area (Å²) >= 11 is 0. The molecule has 240 valence electrons. The topological polar surface area (TPSA) is 142 Å². The Morgan fingerprint density at radius 2 is 1.07 bits per heavy atom. The fourth-order valence-electron chi connectivity index (χ4n) is 7.45. The average Bonchev–Trinajstić information content (AvgIpc) is 3.00. The van der Waals surface area contributed by atoms with Crippen LogP contribution in [0.1, 0.15) is 103 Å². The van der Waals surface area contributed by atoms with Gasteiger partial charge in [-0.25, -0.2) is 4.79 Å². The molecule has 0 saturated heterocycles. The Morgan fingerprint density at radius 3 is 1.69 bits per heavy atom. The lowest BCUT2D eigenvalue weighted by molar-refractivity contribution is -0.129. The molecule has 4 aliphatic carbocycles. The van der Waals surface area contributed by atoms with Crippen LogP contribution in [0.15, 0.2) is 0 Å². The van der Waals surface area contributed by atoms with Crippen molar-refractivity contribution >= 4 is 17.8 Å². The number of ether oxygens (including phenoxy) is 2. The van der Waals surface area contributed by atoms with E-state index in [1.807, 2.05) is 7.05 Å². The molecule has 4 rings (SSSR count). The Morgan fingerprint density at radius 1 is 0.571 bits per heavy atom. The summed E-state index contributed by atoms with van der Waals surface area (Å²) in [5.74, 6) is 0.0178. The van der Waals surface area contributed by atoms with E-state index in [1.165, 1.54) is 6.42 Å². The van der Waals surface area contributed by atoms with Crippen LogP contribution in [0.25, 0.3) is 0 Å². The maximum Gasteiger partial charge on any atom is 0.315 e. The third kappa shape index (κ3) is 10.6. The summed E-state index contributed by atoms with van der Waals surface area (Å²) < 4.78 is 12.0. The zero-order valence-corrected chi connectivity index (χ0v) is 25.9. The fourth-order valence-corrected chi connectivity index (χ4v) is 7.45. The number of carbonyl (C=O) groups excluding carboxylic acids is 3. The minimum Gasteiger partial charge on any atom is -0.363 e. The maximum absolute atomic E-state index is 13.1. The molecule has 0 heterocycles. The van der Waals surface area contributed by atoms with Crippen molar-refractivity contribution in [2.45, 2.75) is 139 Å². The van der Waals surface area contributed by atoms with Crippen LogP contribution < -0.4 is 31.9 Å². The zero-order valence-electron chi connectivity index (χ0n) is 25.9. The number of hydrogen-bond acceptors (Lipinski definition) is 7. The molecular weight excluding hydrogens is 536 g/mol. The van der Waals surface area contributed by atoms with E-state index in [0.29, 0.717) is 38.4 Å². The molecule has 4 fully saturated rings. The van der Waals surface area contributed by atoms with Gasteiger partial charge in [-0.1, -0.05) is 12.8 Å². The second kappa shape index (κ2) is 17.4. The minimum absolute atomic E-state index is 0.00397. The van der Waals surface area contributed by atoms with Gasteiger partial charge in [-0.2, -0.15) is 0 Å². The monoisotopic (exact) mass is 592 g/mol. The van der Waals surface area contributed by atoms with Crippen molar-refractivity contribution in [3.05, 3.63) is 0 Å². The first-order valence-electron chi connectivity index (χ1n) is 16.6. The predicted octanol–water partition coefficient (Wildman–Crippen LogP) is 2.65. The van der Waals surface area contributed by atoms with Gasteiger partial charge in [0.25, 0.3) is 0 Å². The molecule has 0 aromatic carbocycles. The molecular formula is C31H56N6O5. The molecule has 4 aliphatic rings. The summed E-state index contributed by atoms with van der Waals surface area (Å²) in [5.41, 5.74) is 0. The lowest BCUT2D eigenvalue weighted by Gasteiger charge is -2.34. The first-order chi connectivity index (χ1) is 20.4. The van der Waals surface area contributed by atoms with Crippen LogP contribution in [0.4, 0.5) is 4.79 Å². The first kappa shape index (κ1) is 33.0. The molecule has 11 nitrogen and oxygen atoms in total. The summed E-state index contributed by atoms with van der Waals surface area (Å²) in [6.07, 6.45) is 15.5. The summed E-state index contributed by atoms with van der Waals surface area (Å²) in [5, 5.41) is 18.9. The zero-order chi connectivity index (χ0) is 29.7. The number of carbonyl (C=O) groups is 3. The van der Waals surface area contributed by atoms with Gasteiger partial charge in [0.2, 0.25) is 11.8 Å². The molecule has 0 radical (unpaired) electrons. The standard InChI is InChI=1S/C31H56N6O5/c1-32-19-41-27-13-5-9-23(17-27)34-20-42-28-14-6-12-26(18-28)37-31(40)36-25-11-4-8-22(16-25)30(39)35-24-10-3-7-21(15-24)29(38)33-2/h21-28,32,34H,3-20H2,1-2H3,(H,33,38)(H,35,39)(H2,36,37,40). The van der Waals surface area contributed by atoms with Crippen LogP contribution in [0.3, 0.4) is 0 Å². The molecule has 0 spiro atoms. The van der Waals surface area contributed by atoms with Crippen molar-refractivity contribution in [3.8, 4) is 0 Å². The van der Waals surface area contributed by atoms with E-state index < -0.39 is 0 Å². The van der Waals surface area contributed by atoms with E-state index in [1.54, 1.807) is 7.05 Å². The number of rotatable bonds is 12. The van der Waals surface area contributed by atoms with Crippen molar-refractivity contribution in [2.75, 3.05) is 27.6 Å². The van der Waals surface area contributed by atoms with Crippen LogP contribution in [-0.4, -0.2) is 81.8 Å². The van der Waals surface area contributed by atoms with E-state index in [0.717, 1.165) is 83.5 Å². The molecule has 6 N–H and O–H groups in total. The van der Waals surface area contributed by atoms with Gasteiger partial charge in [-0.15, -0.1) is 0 Å². The molecule has 4 amide bonds. The summed E-state index contributed by atoms with van der Waals surface area (Å²) in [6, 6.07) is 0.433. The van der Waals surface area contributed by atoms with Crippen LogP contribution in [0, 0.1) is 11.8 Å². The van der Waals surface area contributed by atoms with Crippen molar-refractivity contribution < 1.29 is 23.9 Å². The quantitative estimate of drug-likeness (QED) is 0.191. The molecule has 42 heavy (non-hydrogen) atoms. The highest BCUT2D eigenvalue weighted by Crippen LogP contribution is 2.28. The van der Waals surface area contributed by atoms with E-state index in [2.05, 4.69) is 31.9 Å². The maximum atomic E-state index is 13.1. The molecule has 0 aromatic rings. The van der Waals surface area contributed by atoms with E-state index in [-0.39, 0.29) is 53.9 Å². The van der Waals surface area contributed by atoms with Crippen molar-refractivity contribution in [3.63, 3.8) is 0 Å². The largest absolute Gasteiger partial charge is 0.363 e. The van der Waals surface area contributed by atoms with E-state index in [9.17, 15) is 14.4 Å². The molecule has 0 bridgehead atoms. The molecule has 4 saturated carbocycles. The van der Waals surface area contributed by atoms with Gasteiger partial charge in [0.05, 0.1) is 25.7 Å². The Labute approximate surface area is 252 Å². The van der Waals surface area contributed by atoms with Crippen molar-refractivity contribution in [2.24, 2.45) is 11.8 Å². The third-order valence-electron chi connectivity index (χ3n) is 9.76. The van der Waals surface area contributed by atoms with E-state index in [4.69, 9.17) is 9.47 Å². The van der Waals surface area contributed by atoms with Gasteiger partial charge >= 0.3 is 6.03 Å².